The molecule has 3 aliphatic rings. The molecule has 1 saturated heterocycles. The molecule has 1 saturated carbocycles. The van der Waals surface area contributed by atoms with Crippen LogP contribution < -0.4 is 0 Å². The molecular weight excluding hydrogens is 326 g/mol. The molecule has 1 N–H and O–H groups in total. The van der Waals surface area contributed by atoms with E-state index in [0.717, 1.165) is 25.8 Å². The molecule has 0 atom stereocenters. The number of carbonyl (C=O) groups excluding carboxylic acids is 1. The molecule has 0 aromatic heterocycles. The van der Waals surface area contributed by atoms with Crippen molar-refractivity contribution in [3.8, 4) is 11.1 Å². The van der Waals surface area contributed by atoms with Crippen molar-refractivity contribution in [2.75, 3.05) is 19.8 Å². The summed E-state index contributed by atoms with van der Waals surface area (Å²) in [6, 6.07) is 16.8. The van der Waals surface area contributed by atoms with Gasteiger partial charge < -0.3 is 14.7 Å². The van der Waals surface area contributed by atoms with Crippen molar-refractivity contribution in [2.45, 2.75) is 30.7 Å². The third-order valence-corrected chi connectivity index (χ3v) is 6.53. The lowest BCUT2D eigenvalue weighted by Gasteiger charge is -2.60. The van der Waals surface area contributed by atoms with Crippen molar-refractivity contribution in [3.05, 3.63) is 59.7 Å². The highest BCUT2D eigenvalue weighted by Gasteiger charge is 2.56. The van der Waals surface area contributed by atoms with Gasteiger partial charge in [0, 0.05) is 24.6 Å². The largest absolute Gasteiger partial charge is 0.448 e. The average Bonchev–Trinajstić information content (AvgIpc) is 2.92. The number of nitrogens with zero attached hydrogens (tertiary/aromatic N) is 1. The Bertz CT molecular complexity index is 810. The maximum atomic E-state index is 12.7. The molecule has 26 heavy (non-hydrogen) atoms. The monoisotopic (exact) mass is 349 g/mol. The SMILES string of the molecule is O=C(OCC1c2ccccc2-c2ccccc21)N1CCC12CC(CO)C2. The first-order valence-corrected chi connectivity index (χ1v) is 9.45. The summed E-state index contributed by atoms with van der Waals surface area (Å²) in [4.78, 5) is 14.5. The van der Waals surface area contributed by atoms with Crippen LogP contribution in [0.2, 0.25) is 0 Å². The van der Waals surface area contributed by atoms with Crippen LogP contribution in [0.25, 0.3) is 11.1 Å². The number of hydrogen-bond donors (Lipinski definition) is 1. The fraction of sp³-hybridized carbons (Fsp3) is 0.409. The molecule has 2 aromatic rings. The number of aliphatic hydroxyl groups is 1. The Morgan fingerprint density at radius 1 is 1.08 bits per heavy atom. The molecule has 2 aliphatic carbocycles. The van der Waals surface area contributed by atoms with Gasteiger partial charge in [-0.1, -0.05) is 48.5 Å². The predicted octanol–water partition coefficient (Wildman–Crippen LogP) is 3.78. The standard InChI is InChI=1S/C22H23NO3/c24-13-15-11-22(12-15)9-10-23(22)21(25)26-14-20-18-7-3-1-5-16(18)17-6-2-4-8-19(17)20/h1-8,15,20,24H,9-14H2. The maximum absolute atomic E-state index is 12.7. The van der Waals surface area contributed by atoms with Gasteiger partial charge in [0.15, 0.2) is 0 Å². The van der Waals surface area contributed by atoms with Crippen LogP contribution in [0.4, 0.5) is 4.79 Å². The van der Waals surface area contributed by atoms with Gasteiger partial charge in [0.1, 0.15) is 6.61 Å². The second-order valence-electron chi connectivity index (χ2n) is 7.89. The smallest absolute Gasteiger partial charge is 0.410 e. The third-order valence-electron chi connectivity index (χ3n) is 6.53. The number of amides is 1. The quantitative estimate of drug-likeness (QED) is 0.917. The zero-order valence-corrected chi connectivity index (χ0v) is 14.7. The number of rotatable bonds is 3. The van der Waals surface area contributed by atoms with E-state index in [9.17, 15) is 9.90 Å². The van der Waals surface area contributed by atoms with Crippen molar-refractivity contribution >= 4 is 6.09 Å². The summed E-state index contributed by atoms with van der Waals surface area (Å²) >= 11 is 0. The Morgan fingerprint density at radius 3 is 2.23 bits per heavy atom. The summed E-state index contributed by atoms with van der Waals surface area (Å²) in [6.07, 6.45) is 2.66. The highest BCUT2D eigenvalue weighted by atomic mass is 16.6. The molecule has 4 nitrogen and oxygen atoms in total. The molecule has 2 fully saturated rings. The molecule has 1 aliphatic heterocycles. The Balaban J connectivity index is 1.31. The molecule has 1 spiro atoms. The summed E-state index contributed by atoms with van der Waals surface area (Å²) in [5.41, 5.74) is 4.94. The highest BCUT2D eigenvalue weighted by molar-refractivity contribution is 5.79. The van der Waals surface area contributed by atoms with Gasteiger partial charge in [0.2, 0.25) is 0 Å². The van der Waals surface area contributed by atoms with E-state index in [0.29, 0.717) is 12.5 Å². The van der Waals surface area contributed by atoms with Crippen LogP contribution in [0.5, 0.6) is 0 Å². The third kappa shape index (κ3) is 2.21. The first kappa shape index (κ1) is 15.9. The van der Waals surface area contributed by atoms with Gasteiger partial charge in [0.05, 0.1) is 0 Å². The van der Waals surface area contributed by atoms with E-state index in [1.807, 2.05) is 17.0 Å². The highest BCUT2D eigenvalue weighted by Crippen LogP contribution is 2.51. The first-order valence-electron chi connectivity index (χ1n) is 9.45. The minimum absolute atomic E-state index is 0.0318. The summed E-state index contributed by atoms with van der Waals surface area (Å²) in [5, 5.41) is 9.26. The van der Waals surface area contributed by atoms with Gasteiger partial charge in [-0.3, -0.25) is 0 Å². The van der Waals surface area contributed by atoms with E-state index in [1.165, 1.54) is 22.3 Å². The van der Waals surface area contributed by atoms with E-state index >= 15 is 0 Å². The number of aliphatic hydroxyl groups excluding tert-OH is 1. The predicted molar refractivity (Wildman–Crippen MR) is 98.9 cm³/mol. The Labute approximate surface area is 153 Å². The zero-order valence-electron chi connectivity index (χ0n) is 14.7. The van der Waals surface area contributed by atoms with Gasteiger partial charge in [-0.05, 0) is 47.4 Å². The normalized spacial score (nSPS) is 26.0. The lowest BCUT2D eigenvalue weighted by molar-refractivity contribution is -0.101. The molecule has 1 amide bonds. The lowest BCUT2D eigenvalue weighted by atomic mass is 9.62. The number of ether oxygens (including phenoxy) is 1. The number of benzene rings is 2. The molecule has 5 rings (SSSR count). The topological polar surface area (TPSA) is 49.8 Å². The van der Waals surface area contributed by atoms with Crippen molar-refractivity contribution in [1.82, 2.24) is 4.90 Å². The summed E-state index contributed by atoms with van der Waals surface area (Å²) in [6.45, 7) is 1.37. The van der Waals surface area contributed by atoms with Crippen molar-refractivity contribution < 1.29 is 14.6 Å². The molecule has 134 valence electrons. The minimum Gasteiger partial charge on any atom is -0.448 e. The Hall–Kier alpha value is -2.33. The molecule has 0 bridgehead atoms. The van der Waals surface area contributed by atoms with Gasteiger partial charge in [-0.25, -0.2) is 4.79 Å². The van der Waals surface area contributed by atoms with Gasteiger partial charge in [-0.15, -0.1) is 0 Å². The van der Waals surface area contributed by atoms with E-state index in [2.05, 4.69) is 36.4 Å². The summed E-state index contributed by atoms with van der Waals surface area (Å²) in [5.74, 6) is 0.453. The number of fused-ring (bicyclic) bond motifs is 3. The van der Waals surface area contributed by atoms with E-state index in [-0.39, 0.29) is 24.2 Å². The van der Waals surface area contributed by atoms with E-state index < -0.39 is 0 Å². The van der Waals surface area contributed by atoms with Gasteiger partial charge in [0.25, 0.3) is 0 Å². The lowest BCUT2D eigenvalue weighted by Crippen LogP contribution is -2.68. The van der Waals surface area contributed by atoms with Crippen LogP contribution in [0.1, 0.15) is 36.3 Å². The van der Waals surface area contributed by atoms with Crippen LogP contribution in [0.15, 0.2) is 48.5 Å². The Morgan fingerprint density at radius 2 is 1.69 bits per heavy atom. The summed E-state index contributed by atoms with van der Waals surface area (Å²) < 4.78 is 5.77. The minimum atomic E-state index is -0.200. The molecular formula is C22H23NO3. The second kappa shape index (κ2) is 5.85. The molecule has 1 heterocycles. The fourth-order valence-electron chi connectivity index (χ4n) is 5.07. The van der Waals surface area contributed by atoms with E-state index in [1.54, 1.807) is 0 Å². The number of carbonyl (C=O) groups is 1. The van der Waals surface area contributed by atoms with Crippen LogP contribution in [0, 0.1) is 5.92 Å². The number of hydrogen-bond acceptors (Lipinski definition) is 3. The van der Waals surface area contributed by atoms with Gasteiger partial charge in [-0.2, -0.15) is 0 Å². The van der Waals surface area contributed by atoms with Crippen molar-refractivity contribution in [3.63, 3.8) is 0 Å². The van der Waals surface area contributed by atoms with Crippen LogP contribution in [0.3, 0.4) is 0 Å². The molecule has 4 heteroatoms. The summed E-state index contributed by atoms with van der Waals surface area (Å²) in [7, 11) is 0. The first-order chi connectivity index (χ1) is 12.7. The van der Waals surface area contributed by atoms with Crippen LogP contribution in [-0.2, 0) is 4.74 Å². The van der Waals surface area contributed by atoms with Crippen LogP contribution >= 0.6 is 0 Å². The second-order valence-corrected chi connectivity index (χ2v) is 7.89. The van der Waals surface area contributed by atoms with Gasteiger partial charge >= 0.3 is 6.09 Å². The molecule has 2 aromatic carbocycles. The number of likely N-dealkylation sites (tertiary alicyclic amines) is 1. The zero-order chi connectivity index (χ0) is 17.7. The van der Waals surface area contributed by atoms with Crippen molar-refractivity contribution in [2.24, 2.45) is 5.92 Å². The van der Waals surface area contributed by atoms with Crippen LogP contribution in [-0.4, -0.2) is 41.4 Å². The van der Waals surface area contributed by atoms with Crippen molar-refractivity contribution in [1.29, 1.82) is 0 Å². The fourth-order valence-corrected chi connectivity index (χ4v) is 5.07. The Kier molecular flexibility index (Phi) is 3.57. The van der Waals surface area contributed by atoms with E-state index in [4.69, 9.17) is 4.74 Å². The average molecular weight is 349 g/mol. The molecule has 0 radical (unpaired) electrons. The maximum Gasteiger partial charge on any atom is 0.410 e. The molecule has 0 unspecified atom stereocenters.